The lowest BCUT2D eigenvalue weighted by molar-refractivity contribution is 0.726. The number of aliphatic imine (C=N–C) groups is 1. The van der Waals surface area contributed by atoms with E-state index >= 15 is 0 Å². The fourth-order valence-electron chi connectivity index (χ4n) is 2.94. The molecule has 0 saturated carbocycles. The summed E-state index contributed by atoms with van der Waals surface area (Å²) in [6, 6.07) is 3.73. The standard InChI is InChI=1S/C21H25N7/c1-3-5-10-18(23-4-2)19-25-20(24-17-11-13-22-14-12-17)27-21(26-19)28-15-8-6-7-9-16-28/h3-5,10-14H,1-2,6-9,15-16H2,(H,22,24,25,26,27)/b10-5-,23-18?. The van der Waals surface area contributed by atoms with Crippen LogP contribution < -0.4 is 10.2 Å². The molecule has 0 aliphatic carbocycles. The smallest absolute Gasteiger partial charge is 0.232 e. The summed E-state index contributed by atoms with van der Waals surface area (Å²) in [5.74, 6) is 1.62. The Hall–Kier alpha value is -3.35. The molecule has 0 atom stereocenters. The maximum absolute atomic E-state index is 4.70. The zero-order valence-electron chi connectivity index (χ0n) is 16.0. The average molecular weight is 375 g/mol. The highest BCUT2D eigenvalue weighted by Crippen LogP contribution is 2.19. The van der Waals surface area contributed by atoms with Gasteiger partial charge in [-0.2, -0.15) is 15.0 Å². The van der Waals surface area contributed by atoms with Crippen molar-refractivity contribution in [2.75, 3.05) is 23.3 Å². The number of rotatable bonds is 7. The molecular weight excluding hydrogens is 350 g/mol. The molecule has 0 spiro atoms. The lowest BCUT2D eigenvalue weighted by Gasteiger charge is -2.21. The number of anilines is 3. The lowest BCUT2D eigenvalue weighted by Crippen LogP contribution is -2.27. The van der Waals surface area contributed by atoms with Gasteiger partial charge in [0.15, 0.2) is 5.82 Å². The van der Waals surface area contributed by atoms with Gasteiger partial charge >= 0.3 is 0 Å². The quantitative estimate of drug-likeness (QED) is 0.581. The average Bonchev–Trinajstić information content (AvgIpc) is 3.01. The van der Waals surface area contributed by atoms with Crippen molar-refractivity contribution in [2.24, 2.45) is 4.99 Å². The van der Waals surface area contributed by atoms with Crippen molar-refractivity contribution in [3.63, 3.8) is 0 Å². The van der Waals surface area contributed by atoms with Crippen LogP contribution in [0.4, 0.5) is 17.6 Å². The number of hydrogen-bond acceptors (Lipinski definition) is 7. The zero-order valence-corrected chi connectivity index (χ0v) is 16.0. The topological polar surface area (TPSA) is 79.2 Å². The largest absolute Gasteiger partial charge is 0.341 e. The summed E-state index contributed by atoms with van der Waals surface area (Å²) in [5.41, 5.74) is 1.46. The van der Waals surface area contributed by atoms with Crippen molar-refractivity contribution < 1.29 is 0 Å². The number of pyridine rings is 1. The maximum Gasteiger partial charge on any atom is 0.232 e. The van der Waals surface area contributed by atoms with Gasteiger partial charge < -0.3 is 10.2 Å². The molecule has 7 nitrogen and oxygen atoms in total. The first kappa shape index (κ1) is 19.4. The molecule has 2 aromatic heterocycles. The molecule has 1 saturated heterocycles. The Kier molecular flexibility index (Phi) is 7.01. The first-order valence-electron chi connectivity index (χ1n) is 9.46. The van der Waals surface area contributed by atoms with Gasteiger partial charge in [0.2, 0.25) is 11.9 Å². The van der Waals surface area contributed by atoms with Crippen LogP contribution in [0.1, 0.15) is 31.5 Å². The van der Waals surface area contributed by atoms with Crippen LogP contribution in [-0.4, -0.2) is 38.7 Å². The van der Waals surface area contributed by atoms with Gasteiger partial charge in [-0.05, 0) is 31.1 Å². The van der Waals surface area contributed by atoms with E-state index in [0.717, 1.165) is 31.6 Å². The summed E-state index contributed by atoms with van der Waals surface area (Å²) in [7, 11) is 0. The molecular formula is C21H25N7. The molecule has 7 heteroatoms. The minimum Gasteiger partial charge on any atom is -0.341 e. The van der Waals surface area contributed by atoms with Crippen molar-refractivity contribution in [3.8, 4) is 0 Å². The van der Waals surface area contributed by atoms with Crippen LogP contribution in [0.2, 0.25) is 0 Å². The van der Waals surface area contributed by atoms with Crippen LogP contribution in [0.5, 0.6) is 0 Å². The van der Waals surface area contributed by atoms with Gasteiger partial charge in [-0.25, -0.2) is 0 Å². The van der Waals surface area contributed by atoms with E-state index in [1.54, 1.807) is 24.5 Å². The normalized spacial score (nSPS) is 15.3. The Morgan fingerprint density at radius 3 is 2.46 bits per heavy atom. The predicted octanol–water partition coefficient (Wildman–Crippen LogP) is 4.07. The molecule has 3 heterocycles. The molecule has 1 aliphatic heterocycles. The fourth-order valence-corrected chi connectivity index (χ4v) is 2.94. The van der Waals surface area contributed by atoms with E-state index in [0.29, 0.717) is 23.4 Å². The van der Waals surface area contributed by atoms with Crippen LogP contribution in [0.25, 0.3) is 0 Å². The van der Waals surface area contributed by atoms with Crippen LogP contribution in [0.15, 0.2) is 67.1 Å². The van der Waals surface area contributed by atoms with E-state index in [4.69, 9.17) is 4.98 Å². The van der Waals surface area contributed by atoms with E-state index in [-0.39, 0.29) is 0 Å². The minimum atomic E-state index is 0.471. The van der Waals surface area contributed by atoms with Crippen LogP contribution in [0, 0.1) is 0 Å². The molecule has 0 amide bonds. The van der Waals surface area contributed by atoms with Gasteiger partial charge in [0.05, 0.1) is 0 Å². The fraction of sp³-hybridized carbons (Fsp3) is 0.286. The summed E-state index contributed by atoms with van der Waals surface area (Å²) >= 11 is 0. The highest BCUT2D eigenvalue weighted by molar-refractivity contribution is 6.06. The molecule has 0 bridgehead atoms. The molecule has 1 aliphatic rings. The Morgan fingerprint density at radius 1 is 1.04 bits per heavy atom. The van der Waals surface area contributed by atoms with Crippen molar-refractivity contribution >= 4 is 23.3 Å². The van der Waals surface area contributed by atoms with Gasteiger partial charge in [0, 0.05) is 37.4 Å². The molecule has 0 unspecified atom stereocenters. The van der Waals surface area contributed by atoms with Crippen molar-refractivity contribution in [3.05, 3.63) is 67.9 Å². The second-order valence-corrected chi connectivity index (χ2v) is 6.34. The van der Waals surface area contributed by atoms with Crippen molar-refractivity contribution in [1.82, 2.24) is 19.9 Å². The Labute approximate surface area is 165 Å². The summed E-state index contributed by atoms with van der Waals surface area (Å²) < 4.78 is 0. The van der Waals surface area contributed by atoms with Gasteiger partial charge in [-0.15, -0.1) is 0 Å². The highest BCUT2D eigenvalue weighted by Gasteiger charge is 2.17. The van der Waals surface area contributed by atoms with Crippen LogP contribution >= 0.6 is 0 Å². The summed E-state index contributed by atoms with van der Waals surface area (Å²) in [6.45, 7) is 9.29. The highest BCUT2D eigenvalue weighted by atomic mass is 15.3. The molecule has 3 rings (SSSR count). The Balaban J connectivity index is 2.01. The van der Waals surface area contributed by atoms with Gasteiger partial charge in [-0.3, -0.25) is 9.98 Å². The second-order valence-electron chi connectivity index (χ2n) is 6.34. The molecule has 0 aromatic carbocycles. The lowest BCUT2D eigenvalue weighted by atomic mass is 10.2. The first-order chi connectivity index (χ1) is 13.8. The minimum absolute atomic E-state index is 0.471. The SMILES string of the molecule is C=C/C=C\C(=NC=C)c1nc(Nc2ccncc2)nc(N2CCCCCC2)n1. The third-order valence-corrected chi connectivity index (χ3v) is 4.30. The number of hydrogen-bond donors (Lipinski definition) is 1. The molecule has 0 radical (unpaired) electrons. The molecule has 1 fully saturated rings. The molecule has 2 aromatic rings. The van der Waals surface area contributed by atoms with Crippen LogP contribution in [-0.2, 0) is 0 Å². The molecule has 1 N–H and O–H groups in total. The maximum atomic E-state index is 4.70. The number of nitrogens with one attached hydrogen (secondary N) is 1. The van der Waals surface area contributed by atoms with E-state index < -0.39 is 0 Å². The number of nitrogens with zero attached hydrogens (tertiary/aromatic N) is 6. The Morgan fingerprint density at radius 2 is 1.79 bits per heavy atom. The predicted molar refractivity (Wildman–Crippen MR) is 114 cm³/mol. The summed E-state index contributed by atoms with van der Waals surface area (Å²) in [5, 5.41) is 3.24. The summed E-state index contributed by atoms with van der Waals surface area (Å²) in [4.78, 5) is 24.5. The number of allylic oxidation sites excluding steroid dienone is 3. The van der Waals surface area contributed by atoms with E-state index in [2.05, 4.69) is 43.3 Å². The summed E-state index contributed by atoms with van der Waals surface area (Å²) in [6.07, 6.45) is 15.0. The van der Waals surface area contributed by atoms with Gasteiger partial charge in [0.25, 0.3) is 0 Å². The molecule has 28 heavy (non-hydrogen) atoms. The first-order valence-corrected chi connectivity index (χ1v) is 9.46. The van der Waals surface area contributed by atoms with Gasteiger partial charge in [0.1, 0.15) is 5.71 Å². The van der Waals surface area contributed by atoms with Crippen molar-refractivity contribution in [1.29, 1.82) is 0 Å². The van der Waals surface area contributed by atoms with E-state index in [9.17, 15) is 0 Å². The molecule has 144 valence electrons. The monoisotopic (exact) mass is 375 g/mol. The van der Waals surface area contributed by atoms with Gasteiger partial charge in [-0.1, -0.05) is 38.2 Å². The Bertz CT molecular complexity index is 850. The van der Waals surface area contributed by atoms with E-state index in [1.165, 1.54) is 19.0 Å². The third kappa shape index (κ3) is 5.33. The van der Waals surface area contributed by atoms with E-state index in [1.807, 2.05) is 18.2 Å². The second kappa shape index (κ2) is 10.1. The number of aromatic nitrogens is 4. The third-order valence-electron chi connectivity index (χ3n) is 4.30. The zero-order chi connectivity index (χ0) is 19.6. The van der Waals surface area contributed by atoms with Crippen molar-refractivity contribution in [2.45, 2.75) is 25.7 Å². The van der Waals surface area contributed by atoms with Crippen LogP contribution in [0.3, 0.4) is 0 Å².